The Bertz CT molecular complexity index is 779. The highest BCUT2D eigenvalue weighted by molar-refractivity contribution is 7.15. The number of rotatable bonds is 7. The maximum Gasteiger partial charge on any atom is 0.224 e. The Labute approximate surface area is 138 Å². The molecule has 3 rings (SSSR count). The minimum Gasteiger partial charge on any atom is -0.494 e. The highest BCUT2D eigenvalue weighted by Gasteiger charge is 2.07. The molecule has 120 valence electrons. The highest BCUT2D eigenvalue weighted by Crippen LogP contribution is 2.13. The van der Waals surface area contributed by atoms with Crippen molar-refractivity contribution in [3.63, 3.8) is 0 Å². The van der Waals surface area contributed by atoms with E-state index in [1.165, 1.54) is 0 Å². The molecular weight excluding hydrogens is 312 g/mol. The molecule has 0 aliphatic heterocycles. The van der Waals surface area contributed by atoms with Crippen LogP contribution in [0, 0.1) is 0 Å². The van der Waals surface area contributed by atoms with E-state index in [9.17, 15) is 4.79 Å². The molecule has 0 radical (unpaired) electrons. The maximum atomic E-state index is 12.0. The molecule has 0 aliphatic rings. The van der Waals surface area contributed by atoms with Crippen LogP contribution in [-0.4, -0.2) is 33.7 Å². The molecule has 0 saturated carbocycles. The zero-order valence-electron chi connectivity index (χ0n) is 12.9. The zero-order chi connectivity index (χ0) is 16.1. The first-order valence-corrected chi connectivity index (χ1v) is 8.38. The summed E-state index contributed by atoms with van der Waals surface area (Å²) in [4.78, 5) is 17.0. The summed E-state index contributed by atoms with van der Waals surface area (Å²) in [6.45, 7) is 3.17. The summed E-state index contributed by atoms with van der Waals surface area (Å²) in [5.74, 6) is 0.838. The third-order valence-electron chi connectivity index (χ3n) is 3.39. The summed E-state index contributed by atoms with van der Waals surface area (Å²) in [5, 5.41) is 9.12. The predicted molar refractivity (Wildman–Crippen MR) is 88.9 cm³/mol. The summed E-state index contributed by atoms with van der Waals surface area (Å²) in [5.41, 5.74) is 2.03. The van der Waals surface area contributed by atoms with E-state index < -0.39 is 0 Å². The van der Waals surface area contributed by atoms with E-state index in [1.54, 1.807) is 17.7 Å². The number of ether oxygens (including phenoxy) is 1. The summed E-state index contributed by atoms with van der Waals surface area (Å²) in [6, 6.07) is 7.61. The lowest BCUT2D eigenvalue weighted by atomic mass is 10.1. The van der Waals surface area contributed by atoms with Gasteiger partial charge in [0.2, 0.25) is 10.9 Å². The largest absolute Gasteiger partial charge is 0.494 e. The first-order valence-electron chi connectivity index (χ1n) is 7.51. The second-order valence-corrected chi connectivity index (χ2v) is 5.87. The Hall–Kier alpha value is -2.41. The Morgan fingerprint density at radius 3 is 2.96 bits per heavy atom. The van der Waals surface area contributed by atoms with Gasteiger partial charge in [-0.1, -0.05) is 12.1 Å². The van der Waals surface area contributed by atoms with Crippen molar-refractivity contribution in [1.82, 2.24) is 19.9 Å². The van der Waals surface area contributed by atoms with Crippen LogP contribution in [0.1, 0.15) is 18.2 Å². The third-order valence-corrected chi connectivity index (χ3v) is 4.27. The van der Waals surface area contributed by atoms with Crippen LogP contribution in [0.3, 0.4) is 0 Å². The number of fused-ring (bicyclic) bond motifs is 1. The van der Waals surface area contributed by atoms with Crippen LogP contribution in [0.25, 0.3) is 4.96 Å². The van der Waals surface area contributed by atoms with Crippen molar-refractivity contribution >= 4 is 22.2 Å². The fraction of sp³-hybridized carbons (Fsp3) is 0.312. The zero-order valence-corrected chi connectivity index (χ0v) is 13.7. The van der Waals surface area contributed by atoms with E-state index in [4.69, 9.17) is 4.74 Å². The van der Waals surface area contributed by atoms with Crippen LogP contribution in [0.2, 0.25) is 0 Å². The van der Waals surface area contributed by atoms with Gasteiger partial charge in [0.1, 0.15) is 12.1 Å². The Kier molecular flexibility index (Phi) is 4.87. The van der Waals surface area contributed by atoms with Gasteiger partial charge in [-0.3, -0.25) is 4.79 Å². The van der Waals surface area contributed by atoms with Gasteiger partial charge in [0.05, 0.1) is 18.7 Å². The predicted octanol–water partition coefficient (Wildman–Crippen LogP) is 2.09. The number of amides is 1. The molecule has 0 aliphatic carbocycles. The molecule has 2 heterocycles. The summed E-state index contributed by atoms with van der Waals surface area (Å²) in [6.07, 6.45) is 2.65. The van der Waals surface area contributed by atoms with Gasteiger partial charge in [0.25, 0.3) is 0 Å². The number of hydrogen-bond donors (Lipinski definition) is 1. The molecule has 0 atom stereocenters. The topological polar surface area (TPSA) is 68.5 Å². The lowest BCUT2D eigenvalue weighted by Crippen LogP contribution is -2.27. The second-order valence-electron chi connectivity index (χ2n) is 5.04. The molecule has 0 saturated heterocycles. The number of carbonyl (C=O) groups excluding carboxylic acids is 1. The van der Waals surface area contributed by atoms with Gasteiger partial charge in [-0.2, -0.15) is 5.10 Å². The average Bonchev–Trinajstić information content (AvgIpc) is 3.14. The fourth-order valence-electron chi connectivity index (χ4n) is 2.29. The molecule has 7 heteroatoms. The number of aromatic nitrogens is 3. The van der Waals surface area contributed by atoms with Crippen molar-refractivity contribution in [2.24, 2.45) is 0 Å². The monoisotopic (exact) mass is 330 g/mol. The normalized spacial score (nSPS) is 10.8. The SMILES string of the molecule is CCOc1ccc(CC(=O)NCCc2csc3ncnn23)cc1. The molecule has 23 heavy (non-hydrogen) atoms. The fourth-order valence-corrected chi connectivity index (χ4v) is 3.12. The van der Waals surface area contributed by atoms with Crippen LogP contribution < -0.4 is 10.1 Å². The maximum absolute atomic E-state index is 12.0. The molecule has 0 spiro atoms. The van der Waals surface area contributed by atoms with Crippen molar-refractivity contribution in [2.45, 2.75) is 19.8 Å². The van der Waals surface area contributed by atoms with Gasteiger partial charge >= 0.3 is 0 Å². The van der Waals surface area contributed by atoms with Crippen molar-refractivity contribution < 1.29 is 9.53 Å². The minimum absolute atomic E-state index is 0.0132. The molecule has 6 nitrogen and oxygen atoms in total. The van der Waals surface area contributed by atoms with Gasteiger partial charge in [0, 0.05) is 18.3 Å². The van der Waals surface area contributed by atoms with E-state index in [2.05, 4.69) is 15.4 Å². The summed E-state index contributed by atoms with van der Waals surface area (Å²) >= 11 is 1.55. The van der Waals surface area contributed by atoms with Crippen LogP contribution in [0.5, 0.6) is 5.75 Å². The van der Waals surface area contributed by atoms with E-state index in [1.807, 2.05) is 41.1 Å². The van der Waals surface area contributed by atoms with Gasteiger partial charge in [-0.15, -0.1) is 11.3 Å². The number of thiazole rings is 1. The molecular formula is C16H18N4O2S. The van der Waals surface area contributed by atoms with E-state index in [0.29, 0.717) is 19.6 Å². The van der Waals surface area contributed by atoms with E-state index >= 15 is 0 Å². The van der Waals surface area contributed by atoms with Crippen molar-refractivity contribution in [1.29, 1.82) is 0 Å². The van der Waals surface area contributed by atoms with Gasteiger partial charge < -0.3 is 10.1 Å². The summed E-state index contributed by atoms with van der Waals surface area (Å²) < 4.78 is 7.20. The van der Waals surface area contributed by atoms with Crippen LogP contribution in [0.15, 0.2) is 36.0 Å². The van der Waals surface area contributed by atoms with Gasteiger partial charge in [0.15, 0.2) is 0 Å². The molecule has 2 aromatic heterocycles. The first kappa shape index (κ1) is 15.5. The number of hydrogen-bond acceptors (Lipinski definition) is 5. The van der Waals surface area contributed by atoms with Crippen molar-refractivity contribution in [2.75, 3.05) is 13.2 Å². The standard InChI is InChI=1S/C16H18N4O2S/c1-2-22-14-5-3-12(4-6-14)9-15(21)17-8-7-13-10-23-16-18-11-19-20(13)16/h3-6,10-11H,2,7-9H2,1H3,(H,17,21). The summed E-state index contributed by atoms with van der Waals surface area (Å²) in [7, 11) is 0. The third kappa shape index (κ3) is 3.87. The quantitative estimate of drug-likeness (QED) is 0.720. The average molecular weight is 330 g/mol. The number of nitrogens with one attached hydrogen (secondary N) is 1. The number of nitrogens with zero attached hydrogens (tertiary/aromatic N) is 3. The van der Waals surface area contributed by atoms with Crippen LogP contribution in [0.4, 0.5) is 0 Å². The molecule has 1 amide bonds. The number of benzene rings is 1. The number of carbonyl (C=O) groups is 1. The molecule has 0 unspecified atom stereocenters. The molecule has 0 fully saturated rings. The Morgan fingerprint density at radius 2 is 2.17 bits per heavy atom. The van der Waals surface area contributed by atoms with Crippen LogP contribution in [-0.2, 0) is 17.6 Å². The second kappa shape index (κ2) is 7.23. The lowest BCUT2D eigenvalue weighted by molar-refractivity contribution is -0.120. The molecule has 1 N–H and O–H groups in total. The minimum atomic E-state index is 0.0132. The highest BCUT2D eigenvalue weighted by atomic mass is 32.1. The van der Waals surface area contributed by atoms with E-state index in [-0.39, 0.29) is 5.91 Å². The van der Waals surface area contributed by atoms with Gasteiger partial charge in [-0.25, -0.2) is 9.50 Å². The molecule has 3 aromatic rings. The van der Waals surface area contributed by atoms with E-state index in [0.717, 1.165) is 28.4 Å². The first-order chi connectivity index (χ1) is 11.3. The Morgan fingerprint density at radius 1 is 1.35 bits per heavy atom. The molecule has 0 bridgehead atoms. The Balaban J connectivity index is 1.47. The van der Waals surface area contributed by atoms with Gasteiger partial charge in [-0.05, 0) is 24.6 Å². The lowest BCUT2D eigenvalue weighted by Gasteiger charge is -2.06. The molecule has 1 aromatic carbocycles. The smallest absolute Gasteiger partial charge is 0.224 e. The van der Waals surface area contributed by atoms with Crippen molar-refractivity contribution in [3.05, 3.63) is 47.2 Å². The van der Waals surface area contributed by atoms with Crippen molar-refractivity contribution in [3.8, 4) is 5.75 Å². The van der Waals surface area contributed by atoms with Crippen LogP contribution >= 0.6 is 11.3 Å².